The van der Waals surface area contributed by atoms with E-state index in [1.807, 2.05) is 6.92 Å². The van der Waals surface area contributed by atoms with E-state index in [9.17, 15) is 29.1 Å². The van der Waals surface area contributed by atoms with E-state index in [-0.39, 0.29) is 5.70 Å². The molecule has 0 saturated carbocycles. The molecule has 2 unspecified atom stereocenters. The van der Waals surface area contributed by atoms with Crippen LogP contribution >= 0.6 is 34.9 Å². The fraction of sp³-hybridized carbons (Fsp3) is 0.346. The van der Waals surface area contributed by atoms with Crippen LogP contribution in [0.1, 0.15) is 30.5 Å². The number of rotatable bonds is 9. The minimum Gasteiger partial charge on any atom is -0.477 e. The van der Waals surface area contributed by atoms with Crippen LogP contribution in [-0.2, 0) is 19.2 Å². The van der Waals surface area contributed by atoms with Gasteiger partial charge >= 0.3 is 12.0 Å². The lowest BCUT2D eigenvalue weighted by molar-refractivity contribution is -0.151. The lowest BCUT2D eigenvalue weighted by Crippen LogP contribution is -2.71. The van der Waals surface area contributed by atoms with Crippen molar-refractivity contribution >= 4 is 64.6 Å². The fourth-order valence-corrected chi connectivity index (χ4v) is 7.43. The number of fused-ring (bicyclic) bond motifs is 1. The third-order valence-electron chi connectivity index (χ3n) is 6.14. The zero-order valence-corrected chi connectivity index (χ0v) is 25.1. The molecule has 3 heterocycles. The van der Waals surface area contributed by atoms with E-state index in [0.29, 0.717) is 32.6 Å². The van der Waals surface area contributed by atoms with E-state index in [1.54, 1.807) is 44.2 Å². The third-order valence-corrected chi connectivity index (χ3v) is 9.53. The second-order valence-electron chi connectivity index (χ2n) is 9.44. The van der Waals surface area contributed by atoms with Gasteiger partial charge in [0.2, 0.25) is 5.91 Å². The van der Waals surface area contributed by atoms with Crippen LogP contribution in [0, 0.1) is 6.92 Å². The van der Waals surface area contributed by atoms with Gasteiger partial charge in [0.05, 0.1) is 0 Å². The van der Waals surface area contributed by atoms with Crippen LogP contribution in [-0.4, -0.2) is 84.8 Å². The molecule has 0 aliphatic carbocycles. The van der Waals surface area contributed by atoms with E-state index in [1.165, 1.54) is 52.9 Å². The molecule has 15 heteroatoms. The highest BCUT2D eigenvalue weighted by atomic mass is 32.2. The van der Waals surface area contributed by atoms with Gasteiger partial charge in [0.15, 0.2) is 4.34 Å². The number of aliphatic carboxylic acids is 1. The molecule has 2 aliphatic heterocycles. The zero-order chi connectivity index (χ0) is 29.8. The van der Waals surface area contributed by atoms with Crippen LogP contribution in [0.25, 0.3) is 0 Å². The molecule has 12 nitrogen and oxygen atoms in total. The molecule has 0 radical (unpaired) electrons. The fourth-order valence-electron chi connectivity index (χ4n) is 4.13. The number of allylic oxidation sites excluding steroid dienone is 1. The van der Waals surface area contributed by atoms with E-state index >= 15 is 0 Å². The molecule has 1 aromatic carbocycles. The summed E-state index contributed by atoms with van der Waals surface area (Å²) >= 11 is 4.10. The van der Waals surface area contributed by atoms with Gasteiger partial charge in [-0.2, -0.15) is 0 Å². The highest BCUT2D eigenvalue weighted by Crippen LogP contribution is 2.42. The number of aryl methyl sites for hydroxylation is 1. The van der Waals surface area contributed by atoms with Gasteiger partial charge in [0.1, 0.15) is 28.2 Å². The Labute approximate surface area is 248 Å². The Morgan fingerprint density at radius 1 is 1.22 bits per heavy atom. The summed E-state index contributed by atoms with van der Waals surface area (Å²) < 4.78 is 0.703. The Kier molecular flexibility index (Phi) is 9.50. The summed E-state index contributed by atoms with van der Waals surface area (Å²) in [7, 11) is 1.30. The van der Waals surface area contributed by atoms with Crippen molar-refractivity contribution in [2.75, 3.05) is 18.6 Å². The van der Waals surface area contributed by atoms with Crippen LogP contribution in [0.4, 0.5) is 4.79 Å². The van der Waals surface area contributed by atoms with E-state index in [4.69, 9.17) is 0 Å². The standard InChI is InChI=1S/C26H28N6O6S3/c1-13(2)10-17(33)31(4)25(38)28-18(15-8-6-5-7-9-15)21(34)27-19-22(35)32-20(24(36)37)16(11-39-23(19)32)12-40-26-30-29-14(3)41-26/h5-10,18-19,23H,11-12H2,1-4H3,(H,27,34)(H,28,38)(H,36,37)/t18?,19?,23-/m0/s1. The molecule has 41 heavy (non-hydrogen) atoms. The number of carboxylic acids is 1. The first-order valence-corrected chi connectivity index (χ1v) is 15.2. The van der Waals surface area contributed by atoms with Crippen molar-refractivity contribution in [3.63, 3.8) is 0 Å². The van der Waals surface area contributed by atoms with E-state index in [0.717, 1.165) is 9.91 Å². The molecule has 1 fully saturated rings. The van der Waals surface area contributed by atoms with Gasteiger partial charge in [-0.05, 0) is 31.9 Å². The minimum atomic E-state index is -1.23. The number of carboxylic acid groups (broad SMARTS) is 1. The monoisotopic (exact) mass is 616 g/mol. The highest BCUT2D eigenvalue weighted by molar-refractivity contribution is 8.01. The lowest BCUT2D eigenvalue weighted by atomic mass is 10.0. The van der Waals surface area contributed by atoms with Crippen molar-refractivity contribution in [2.24, 2.45) is 0 Å². The normalized spacial score (nSPS) is 18.5. The Morgan fingerprint density at radius 2 is 1.93 bits per heavy atom. The molecule has 3 atom stereocenters. The zero-order valence-electron chi connectivity index (χ0n) is 22.6. The largest absolute Gasteiger partial charge is 0.477 e. The topological polar surface area (TPSA) is 162 Å². The van der Waals surface area contributed by atoms with Crippen LogP contribution in [0.2, 0.25) is 0 Å². The number of carbonyl (C=O) groups excluding carboxylic acids is 4. The molecule has 4 rings (SSSR count). The van der Waals surface area contributed by atoms with Crippen molar-refractivity contribution in [2.45, 2.75) is 42.6 Å². The van der Waals surface area contributed by atoms with Gasteiger partial charge in [0.25, 0.3) is 11.8 Å². The predicted octanol–water partition coefficient (Wildman–Crippen LogP) is 2.55. The Bertz CT molecular complexity index is 1440. The number of thioether (sulfide) groups is 2. The SMILES string of the molecule is CC(C)=CC(=O)N(C)C(=O)NC(C(=O)NC1C(=O)N2C(C(=O)O)=C(CSc3nnc(C)s3)CS[C@@H]12)c1ccccc1. The van der Waals surface area contributed by atoms with Crippen molar-refractivity contribution in [3.05, 3.63) is 63.8 Å². The summed E-state index contributed by atoms with van der Waals surface area (Å²) in [6.45, 7) is 5.27. The van der Waals surface area contributed by atoms with Crippen molar-refractivity contribution in [3.8, 4) is 0 Å². The number of nitrogens with zero attached hydrogens (tertiary/aromatic N) is 4. The summed E-state index contributed by atoms with van der Waals surface area (Å²) in [6, 6.07) is 5.42. The number of β-lactam (4-membered cyclic amide) rings is 1. The number of amides is 5. The number of urea groups is 1. The number of carbonyl (C=O) groups is 5. The number of benzene rings is 1. The summed E-state index contributed by atoms with van der Waals surface area (Å²) in [4.78, 5) is 66.1. The molecule has 2 aliphatic rings. The molecule has 0 bridgehead atoms. The molecule has 1 saturated heterocycles. The molecule has 0 spiro atoms. The van der Waals surface area contributed by atoms with E-state index < -0.39 is 47.2 Å². The lowest BCUT2D eigenvalue weighted by Gasteiger charge is -2.49. The molecule has 1 aromatic heterocycles. The smallest absolute Gasteiger partial charge is 0.352 e. The second-order valence-corrected chi connectivity index (χ2v) is 13.0. The molecule has 2 aromatic rings. The maximum Gasteiger partial charge on any atom is 0.352 e. The first kappa shape index (κ1) is 30.3. The number of nitrogens with one attached hydrogen (secondary N) is 2. The van der Waals surface area contributed by atoms with Crippen LogP contribution in [0.15, 0.2) is 57.6 Å². The number of aromatic nitrogens is 2. The highest BCUT2D eigenvalue weighted by Gasteiger charge is 2.54. The van der Waals surface area contributed by atoms with Gasteiger partial charge in [-0.25, -0.2) is 9.59 Å². The molecular formula is C26H28N6O6S3. The first-order chi connectivity index (χ1) is 19.5. The van der Waals surface area contributed by atoms with Crippen LogP contribution < -0.4 is 10.6 Å². The summed E-state index contributed by atoms with van der Waals surface area (Å²) in [6.07, 6.45) is 1.30. The molecule has 216 valence electrons. The van der Waals surface area contributed by atoms with Crippen LogP contribution in [0.3, 0.4) is 0 Å². The molecular weight excluding hydrogens is 589 g/mol. The maximum atomic E-state index is 13.4. The van der Waals surface area contributed by atoms with Crippen molar-refractivity contribution in [1.29, 1.82) is 0 Å². The minimum absolute atomic E-state index is 0.0923. The summed E-state index contributed by atoms with van der Waals surface area (Å²) in [5.74, 6) is -2.32. The summed E-state index contributed by atoms with van der Waals surface area (Å²) in [5, 5.41) is 23.4. The average molecular weight is 617 g/mol. The summed E-state index contributed by atoms with van der Waals surface area (Å²) in [5.41, 5.74) is 1.63. The number of imide groups is 1. The van der Waals surface area contributed by atoms with Crippen molar-refractivity contribution < 1.29 is 29.1 Å². The van der Waals surface area contributed by atoms with Crippen molar-refractivity contribution in [1.82, 2.24) is 30.6 Å². The van der Waals surface area contributed by atoms with Gasteiger partial charge in [0, 0.05) is 24.6 Å². The Hall–Kier alpha value is -3.69. The molecule has 5 amide bonds. The molecule has 3 N–H and O–H groups in total. The van der Waals surface area contributed by atoms with Crippen LogP contribution in [0.5, 0.6) is 0 Å². The van der Waals surface area contributed by atoms with Gasteiger partial charge in [-0.1, -0.05) is 59.0 Å². The second kappa shape index (κ2) is 12.9. The van der Waals surface area contributed by atoms with Gasteiger partial charge in [-0.15, -0.1) is 22.0 Å². The quantitative estimate of drug-likeness (QED) is 0.217. The maximum absolute atomic E-state index is 13.4. The van der Waals surface area contributed by atoms with Gasteiger partial charge in [-0.3, -0.25) is 24.2 Å². The number of hydrogen-bond donors (Lipinski definition) is 3. The predicted molar refractivity (Wildman–Crippen MR) is 155 cm³/mol. The number of likely N-dealkylation sites (N-methyl/N-ethyl adjacent to an activating group) is 1. The Balaban J connectivity index is 1.49. The number of hydrogen-bond acceptors (Lipinski definition) is 10. The van der Waals surface area contributed by atoms with Gasteiger partial charge < -0.3 is 15.7 Å². The first-order valence-electron chi connectivity index (χ1n) is 12.4. The third kappa shape index (κ3) is 6.80. The Morgan fingerprint density at radius 3 is 2.54 bits per heavy atom. The average Bonchev–Trinajstić information content (AvgIpc) is 3.36. The van der Waals surface area contributed by atoms with E-state index in [2.05, 4.69) is 20.8 Å².